The van der Waals surface area contributed by atoms with Crippen LogP contribution in [0.4, 0.5) is 4.79 Å². The third-order valence-corrected chi connectivity index (χ3v) is 10.1. The van der Waals surface area contributed by atoms with Crippen LogP contribution >= 0.6 is 0 Å². The molecule has 1 aromatic carbocycles. The van der Waals surface area contributed by atoms with Gasteiger partial charge in [-0.25, -0.2) is 19.3 Å². The fourth-order valence-corrected chi connectivity index (χ4v) is 7.12. The lowest BCUT2D eigenvalue weighted by Crippen LogP contribution is -2.56. The number of ether oxygens (including phenoxy) is 6. The maximum absolute atomic E-state index is 13.6. The summed E-state index contributed by atoms with van der Waals surface area (Å²) in [6.45, 7) is 3.45. The van der Waals surface area contributed by atoms with Gasteiger partial charge in [-0.1, -0.05) is 19.1 Å². The fourth-order valence-electron chi connectivity index (χ4n) is 7.12. The van der Waals surface area contributed by atoms with Gasteiger partial charge in [-0.3, -0.25) is 4.79 Å². The van der Waals surface area contributed by atoms with Gasteiger partial charge in [0, 0.05) is 16.5 Å². The molecule has 3 aliphatic rings. The maximum Gasteiger partial charge on any atom is 0.513 e. The molecule has 19 heteroatoms. The standard InChI is InChI=1S/C36H41N5O14/c1-3-20-21-11-19(5-6-25(21)37-28-22(20)14-40-26(28)12-24-23(32(40)46)17-53-34(47)36(24,49)4-2)54-35(48)52-10-9-50-7-8-51-16-18-13-41(39-38-18)33-31(45)30(44)29(43)27(15-42)55-33/h5-6,11-13,27,29-31,33,42-45,49H,3-4,7-10,14-17H2,1-2H3/t27-,29-,30+,31-,33-,36-/m0/s1. The molecule has 0 spiro atoms. The lowest BCUT2D eigenvalue weighted by atomic mass is 9.86. The van der Waals surface area contributed by atoms with E-state index in [4.69, 9.17) is 33.4 Å². The first kappa shape index (κ1) is 38.4. The number of esters is 1. The molecule has 6 atom stereocenters. The third kappa shape index (κ3) is 7.09. The summed E-state index contributed by atoms with van der Waals surface area (Å²) < 4.78 is 34.9. The van der Waals surface area contributed by atoms with Crippen LogP contribution in [0, 0.1) is 0 Å². The second-order valence-corrected chi connectivity index (χ2v) is 13.3. The topological polar surface area (TPSA) is 256 Å². The van der Waals surface area contributed by atoms with Crippen molar-refractivity contribution in [2.24, 2.45) is 0 Å². The number of benzene rings is 1. The molecule has 0 saturated carbocycles. The molecule has 7 rings (SSSR count). The number of pyridine rings is 2. The zero-order chi connectivity index (χ0) is 39.0. The van der Waals surface area contributed by atoms with Crippen LogP contribution < -0.4 is 10.3 Å². The number of aliphatic hydroxyl groups is 5. The fraction of sp³-hybridized carbons (Fsp3) is 0.500. The molecule has 0 bridgehead atoms. The lowest BCUT2D eigenvalue weighted by Gasteiger charge is -2.39. The monoisotopic (exact) mass is 767 g/mol. The number of nitrogens with zero attached hydrogens (tertiary/aromatic N) is 5. The van der Waals surface area contributed by atoms with Gasteiger partial charge in [-0.05, 0) is 42.7 Å². The summed E-state index contributed by atoms with van der Waals surface area (Å²) in [5, 5.41) is 59.3. The lowest BCUT2D eigenvalue weighted by molar-refractivity contribution is -0.254. The Morgan fingerprint density at radius 2 is 1.80 bits per heavy atom. The molecule has 1 saturated heterocycles. The Labute approximate surface area is 312 Å². The summed E-state index contributed by atoms with van der Waals surface area (Å²) in [7, 11) is 0. The summed E-state index contributed by atoms with van der Waals surface area (Å²) in [6.07, 6.45) is -5.65. The SMILES string of the molecule is CCc1c2c(nc3ccc(OC(=O)OCCOCCOCc4cn([C@H]5O[C@@H](CO)[C@H](O)[C@@H](O)[C@@H]5O)nn4)cc13)-c1cc3c(c(=O)n1C2)COC(=O)[C@]3(O)CC. The summed E-state index contributed by atoms with van der Waals surface area (Å²) in [5.74, 6) is -0.551. The van der Waals surface area contributed by atoms with Crippen molar-refractivity contribution in [1.29, 1.82) is 0 Å². The maximum atomic E-state index is 13.6. The number of cyclic esters (lactones) is 1. The van der Waals surface area contributed by atoms with E-state index in [2.05, 4.69) is 10.3 Å². The Hall–Kier alpha value is -4.86. The molecule has 4 aromatic rings. The van der Waals surface area contributed by atoms with E-state index in [0.717, 1.165) is 16.5 Å². The van der Waals surface area contributed by atoms with E-state index in [1.807, 2.05) is 6.92 Å². The summed E-state index contributed by atoms with van der Waals surface area (Å²) in [6, 6.07) is 6.65. The van der Waals surface area contributed by atoms with Crippen molar-refractivity contribution in [3.63, 3.8) is 0 Å². The van der Waals surface area contributed by atoms with Crippen molar-refractivity contribution in [1.82, 2.24) is 24.5 Å². The van der Waals surface area contributed by atoms with Gasteiger partial charge in [0.2, 0.25) is 0 Å². The molecule has 0 unspecified atom stereocenters. The first-order chi connectivity index (χ1) is 26.5. The van der Waals surface area contributed by atoms with Gasteiger partial charge in [-0.2, -0.15) is 0 Å². The average molecular weight is 768 g/mol. The van der Waals surface area contributed by atoms with Crippen molar-refractivity contribution in [3.8, 4) is 17.1 Å². The number of rotatable bonds is 13. The molecule has 6 heterocycles. The predicted molar refractivity (Wildman–Crippen MR) is 185 cm³/mol. The molecular weight excluding hydrogens is 726 g/mol. The van der Waals surface area contributed by atoms with Gasteiger partial charge in [0.15, 0.2) is 11.8 Å². The summed E-state index contributed by atoms with van der Waals surface area (Å²) >= 11 is 0. The smallest absolute Gasteiger partial charge is 0.458 e. The minimum Gasteiger partial charge on any atom is -0.458 e. The number of hydrogen-bond acceptors (Lipinski definition) is 17. The molecule has 55 heavy (non-hydrogen) atoms. The molecule has 294 valence electrons. The van der Waals surface area contributed by atoms with Gasteiger partial charge >= 0.3 is 12.1 Å². The van der Waals surface area contributed by atoms with E-state index in [-0.39, 0.29) is 75.0 Å². The van der Waals surface area contributed by atoms with E-state index in [0.29, 0.717) is 29.0 Å². The first-order valence-corrected chi connectivity index (χ1v) is 17.8. The highest BCUT2D eigenvalue weighted by atomic mass is 16.7. The Bertz CT molecular complexity index is 2150. The second-order valence-electron chi connectivity index (χ2n) is 13.3. The van der Waals surface area contributed by atoms with Gasteiger partial charge < -0.3 is 58.5 Å². The zero-order valence-corrected chi connectivity index (χ0v) is 30.0. The van der Waals surface area contributed by atoms with Crippen LogP contribution in [0.15, 0.2) is 35.3 Å². The number of aromatic nitrogens is 5. The average Bonchev–Trinajstić information content (AvgIpc) is 3.81. The highest BCUT2D eigenvalue weighted by Crippen LogP contribution is 2.41. The van der Waals surface area contributed by atoms with Crippen LogP contribution in [-0.2, 0) is 60.3 Å². The molecule has 0 amide bonds. The van der Waals surface area contributed by atoms with Gasteiger partial charge in [0.25, 0.3) is 5.56 Å². The molecule has 0 aliphatic carbocycles. The number of carbonyl (C=O) groups excluding carboxylic acids is 2. The third-order valence-electron chi connectivity index (χ3n) is 10.1. The Kier molecular flexibility index (Phi) is 11.0. The molecule has 5 N–H and O–H groups in total. The van der Waals surface area contributed by atoms with Crippen LogP contribution in [-0.4, -0.2) is 120 Å². The highest BCUT2D eigenvalue weighted by Gasteiger charge is 2.46. The van der Waals surface area contributed by atoms with Crippen molar-refractivity contribution >= 4 is 23.0 Å². The van der Waals surface area contributed by atoms with E-state index in [1.165, 1.54) is 10.9 Å². The van der Waals surface area contributed by atoms with Crippen molar-refractivity contribution in [3.05, 3.63) is 68.8 Å². The second kappa shape index (κ2) is 15.7. The normalized spacial score (nSPS) is 24.3. The quantitative estimate of drug-likeness (QED) is 0.0598. The minimum absolute atomic E-state index is 0.0433. The number of hydrogen-bond donors (Lipinski definition) is 5. The molecule has 3 aliphatic heterocycles. The van der Waals surface area contributed by atoms with Gasteiger partial charge in [0.1, 0.15) is 49.1 Å². The van der Waals surface area contributed by atoms with E-state index < -0.39 is 55.0 Å². The van der Waals surface area contributed by atoms with Gasteiger partial charge in [0.05, 0.1) is 68.2 Å². The van der Waals surface area contributed by atoms with E-state index in [9.17, 15) is 39.9 Å². The van der Waals surface area contributed by atoms with Crippen molar-refractivity contribution < 1.29 is 63.5 Å². The molecule has 19 nitrogen and oxygen atoms in total. The minimum atomic E-state index is -1.92. The van der Waals surface area contributed by atoms with Crippen LogP contribution in [0.2, 0.25) is 0 Å². The largest absolute Gasteiger partial charge is 0.513 e. The molecule has 1 fully saturated rings. The van der Waals surface area contributed by atoms with Crippen molar-refractivity contribution in [2.75, 3.05) is 33.0 Å². The van der Waals surface area contributed by atoms with Crippen LogP contribution in [0.5, 0.6) is 5.75 Å². The Morgan fingerprint density at radius 1 is 1.02 bits per heavy atom. The Balaban J connectivity index is 0.895. The predicted octanol–water partition coefficient (Wildman–Crippen LogP) is -0.0453. The van der Waals surface area contributed by atoms with Crippen LogP contribution in [0.25, 0.3) is 22.3 Å². The molecular formula is C36H41N5O14. The Morgan fingerprint density at radius 3 is 2.56 bits per heavy atom. The molecule has 3 aromatic heterocycles. The summed E-state index contributed by atoms with van der Waals surface area (Å²) in [5.41, 5.74) is 2.03. The number of aliphatic hydroxyl groups excluding tert-OH is 4. The van der Waals surface area contributed by atoms with Crippen LogP contribution in [0.3, 0.4) is 0 Å². The van der Waals surface area contributed by atoms with Crippen LogP contribution in [0.1, 0.15) is 54.4 Å². The number of carbonyl (C=O) groups is 2. The number of aryl methyl sites for hydroxylation is 1. The van der Waals surface area contributed by atoms with Crippen molar-refractivity contribution in [2.45, 2.75) is 82.7 Å². The van der Waals surface area contributed by atoms with E-state index >= 15 is 0 Å². The zero-order valence-electron chi connectivity index (χ0n) is 30.0. The van der Waals surface area contributed by atoms with E-state index in [1.54, 1.807) is 35.8 Å². The first-order valence-electron chi connectivity index (χ1n) is 17.8. The molecule has 0 radical (unpaired) electrons. The summed E-state index contributed by atoms with van der Waals surface area (Å²) in [4.78, 5) is 43.4. The highest BCUT2D eigenvalue weighted by molar-refractivity contribution is 5.90. The van der Waals surface area contributed by atoms with Gasteiger partial charge in [-0.15, -0.1) is 5.10 Å². The number of fused-ring (bicyclic) bond motifs is 5.